The Labute approximate surface area is 144 Å². The molecule has 0 heterocycles. The molecular weight excluding hydrogens is 306 g/mol. The van der Waals surface area contributed by atoms with Crippen molar-refractivity contribution in [2.24, 2.45) is 0 Å². The number of rotatable bonds is 13. The maximum atomic E-state index is 11.8. The molecular formula is C19H29NO4. The molecule has 24 heavy (non-hydrogen) atoms. The monoisotopic (exact) mass is 335 g/mol. The number of nitro benzene ring substituents is 1. The first-order chi connectivity index (χ1) is 11.6. The lowest BCUT2D eigenvalue weighted by Crippen LogP contribution is -2.06. The molecule has 0 spiro atoms. The number of hydrogen-bond acceptors (Lipinski definition) is 4. The van der Waals surface area contributed by atoms with E-state index in [4.69, 9.17) is 4.74 Å². The third-order valence-corrected chi connectivity index (χ3v) is 4.04. The highest BCUT2D eigenvalue weighted by atomic mass is 16.6. The van der Waals surface area contributed by atoms with Gasteiger partial charge in [0, 0.05) is 12.1 Å². The molecule has 0 N–H and O–H groups in total. The van der Waals surface area contributed by atoms with E-state index in [2.05, 4.69) is 6.92 Å². The number of benzene rings is 1. The van der Waals surface area contributed by atoms with Gasteiger partial charge in [-0.25, -0.2) is 4.79 Å². The SMILES string of the molecule is CCCCCCCCCCCCOC(=O)c1ccc([N+](=O)[O-])cc1. The minimum absolute atomic E-state index is 0.0266. The van der Waals surface area contributed by atoms with E-state index in [1.165, 1.54) is 75.6 Å². The molecule has 0 radical (unpaired) electrons. The molecule has 0 atom stereocenters. The van der Waals surface area contributed by atoms with Gasteiger partial charge in [-0.2, -0.15) is 0 Å². The minimum atomic E-state index is -0.487. The summed E-state index contributed by atoms with van der Waals surface area (Å²) in [5, 5.41) is 10.6. The fourth-order valence-corrected chi connectivity index (χ4v) is 2.56. The standard InChI is InChI=1S/C19H29NO4/c1-2-3-4-5-6-7-8-9-10-11-16-24-19(21)17-12-14-18(15-13-17)20(22)23/h12-15H,2-11,16H2,1H3. The summed E-state index contributed by atoms with van der Waals surface area (Å²) in [5.41, 5.74) is 0.328. The average molecular weight is 335 g/mol. The first-order valence-electron chi connectivity index (χ1n) is 9.06. The van der Waals surface area contributed by atoms with E-state index in [1.54, 1.807) is 0 Å². The van der Waals surface area contributed by atoms with Gasteiger partial charge in [0.15, 0.2) is 0 Å². The van der Waals surface area contributed by atoms with E-state index in [0.29, 0.717) is 12.2 Å². The Morgan fingerprint density at radius 2 is 1.42 bits per heavy atom. The van der Waals surface area contributed by atoms with Gasteiger partial charge in [0.1, 0.15) is 0 Å². The number of ether oxygens (including phenoxy) is 1. The van der Waals surface area contributed by atoms with E-state index < -0.39 is 10.9 Å². The van der Waals surface area contributed by atoms with Gasteiger partial charge in [-0.05, 0) is 18.6 Å². The molecule has 0 saturated carbocycles. The number of nitrogens with zero attached hydrogens (tertiary/aromatic N) is 1. The van der Waals surface area contributed by atoms with Crippen LogP contribution < -0.4 is 0 Å². The molecule has 0 aromatic heterocycles. The molecule has 0 fully saturated rings. The Kier molecular flexibility index (Phi) is 10.5. The van der Waals surface area contributed by atoms with Crippen LogP contribution >= 0.6 is 0 Å². The van der Waals surface area contributed by atoms with Crippen LogP contribution in [0.4, 0.5) is 5.69 Å². The Morgan fingerprint density at radius 3 is 1.92 bits per heavy atom. The van der Waals surface area contributed by atoms with Gasteiger partial charge in [0.2, 0.25) is 0 Å². The number of non-ortho nitro benzene ring substituents is 1. The number of carbonyl (C=O) groups excluding carboxylic acids is 1. The van der Waals surface area contributed by atoms with Gasteiger partial charge in [0.05, 0.1) is 17.1 Å². The minimum Gasteiger partial charge on any atom is -0.462 e. The third-order valence-electron chi connectivity index (χ3n) is 4.04. The lowest BCUT2D eigenvalue weighted by Gasteiger charge is -2.05. The fraction of sp³-hybridized carbons (Fsp3) is 0.632. The van der Waals surface area contributed by atoms with Crippen molar-refractivity contribution in [2.75, 3.05) is 6.61 Å². The van der Waals surface area contributed by atoms with Gasteiger partial charge >= 0.3 is 5.97 Å². The van der Waals surface area contributed by atoms with Crippen LogP contribution in [0, 0.1) is 10.1 Å². The van der Waals surface area contributed by atoms with Crippen LogP contribution in [-0.2, 0) is 4.74 Å². The molecule has 5 nitrogen and oxygen atoms in total. The molecule has 0 aliphatic carbocycles. The molecule has 1 aromatic carbocycles. The Morgan fingerprint density at radius 1 is 0.917 bits per heavy atom. The topological polar surface area (TPSA) is 69.4 Å². The van der Waals surface area contributed by atoms with Crippen LogP contribution in [0.3, 0.4) is 0 Å². The molecule has 0 aliphatic rings. The number of esters is 1. The normalized spacial score (nSPS) is 10.5. The molecule has 0 saturated heterocycles. The molecule has 0 amide bonds. The summed E-state index contributed by atoms with van der Waals surface area (Å²) in [4.78, 5) is 21.9. The first kappa shape index (κ1) is 20.1. The molecule has 134 valence electrons. The van der Waals surface area contributed by atoms with Crippen molar-refractivity contribution in [3.05, 3.63) is 39.9 Å². The fourth-order valence-electron chi connectivity index (χ4n) is 2.56. The lowest BCUT2D eigenvalue weighted by molar-refractivity contribution is -0.384. The van der Waals surface area contributed by atoms with E-state index in [9.17, 15) is 14.9 Å². The van der Waals surface area contributed by atoms with Crippen LogP contribution in [-0.4, -0.2) is 17.5 Å². The van der Waals surface area contributed by atoms with Gasteiger partial charge in [-0.1, -0.05) is 64.7 Å². The van der Waals surface area contributed by atoms with Gasteiger partial charge in [-0.3, -0.25) is 10.1 Å². The largest absolute Gasteiger partial charge is 0.462 e. The number of hydrogen-bond donors (Lipinski definition) is 0. The Hall–Kier alpha value is -1.91. The maximum absolute atomic E-state index is 11.8. The summed E-state index contributed by atoms with van der Waals surface area (Å²) in [6.07, 6.45) is 12.3. The molecule has 0 unspecified atom stereocenters. The summed E-state index contributed by atoms with van der Waals surface area (Å²) < 4.78 is 5.19. The van der Waals surface area contributed by atoms with E-state index in [1.807, 2.05) is 0 Å². The van der Waals surface area contributed by atoms with Crippen LogP contribution in [0.15, 0.2) is 24.3 Å². The maximum Gasteiger partial charge on any atom is 0.338 e. The first-order valence-corrected chi connectivity index (χ1v) is 9.06. The molecule has 1 aromatic rings. The summed E-state index contributed by atoms with van der Waals surface area (Å²) in [5.74, 6) is -0.416. The van der Waals surface area contributed by atoms with Crippen molar-refractivity contribution in [2.45, 2.75) is 71.1 Å². The molecule has 0 aliphatic heterocycles. The lowest BCUT2D eigenvalue weighted by atomic mass is 10.1. The van der Waals surface area contributed by atoms with Crippen LogP contribution in [0.5, 0.6) is 0 Å². The number of nitro groups is 1. The average Bonchev–Trinajstić information content (AvgIpc) is 2.59. The second kappa shape index (κ2) is 12.5. The van der Waals surface area contributed by atoms with Crippen LogP contribution in [0.1, 0.15) is 81.5 Å². The number of unbranched alkanes of at least 4 members (excludes halogenated alkanes) is 9. The molecule has 5 heteroatoms. The van der Waals surface area contributed by atoms with Crippen molar-refractivity contribution in [3.63, 3.8) is 0 Å². The highest BCUT2D eigenvalue weighted by Crippen LogP contribution is 2.13. The van der Waals surface area contributed by atoms with Crippen LogP contribution in [0.25, 0.3) is 0 Å². The Balaban J connectivity index is 2.02. The van der Waals surface area contributed by atoms with Gasteiger partial charge in [0.25, 0.3) is 5.69 Å². The zero-order valence-corrected chi connectivity index (χ0v) is 14.7. The second-order valence-corrected chi connectivity index (χ2v) is 6.12. The summed E-state index contributed by atoms with van der Waals surface area (Å²) in [6.45, 7) is 2.64. The van der Waals surface area contributed by atoms with Crippen molar-refractivity contribution < 1.29 is 14.5 Å². The van der Waals surface area contributed by atoms with Crippen LogP contribution in [0.2, 0.25) is 0 Å². The highest BCUT2D eigenvalue weighted by molar-refractivity contribution is 5.89. The third kappa shape index (κ3) is 8.65. The number of carbonyl (C=O) groups is 1. The van der Waals surface area contributed by atoms with E-state index >= 15 is 0 Å². The highest BCUT2D eigenvalue weighted by Gasteiger charge is 2.10. The van der Waals surface area contributed by atoms with Crippen molar-refractivity contribution >= 4 is 11.7 Å². The van der Waals surface area contributed by atoms with Crippen molar-refractivity contribution in [1.29, 1.82) is 0 Å². The summed E-state index contributed by atoms with van der Waals surface area (Å²) >= 11 is 0. The second-order valence-electron chi connectivity index (χ2n) is 6.12. The summed E-state index contributed by atoms with van der Waals surface area (Å²) in [6, 6.07) is 5.49. The van der Waals surface area contributed by atoms with Crippen molar-refractivity contribution in [1.82, 2.24) is 0 Å². The van der Waals surface area contributed by atoms with E-state index in [-0.39, 0.29) is 5.69 Å². The van der Waals surface area contributed by atoms with Gasteiger partial charge < -0.3 is 4.74 Å². The zero-order valence-electron chi connectivity index (χ0n) is 14.7. The zero-order chi connectivity index (χ0) is 17.6. The smallest absolute Gasteiger partial charge is 0.338 e. The predicted octanol–water partition coefficient (Wildman–Crippen LogP) is 5.67. The van der Waals surface area contributed by atoms with Crippen molar-refractivity contribution in [3.8, 4) is 0 Å². The summed E-state index contributed by atoms with van der Waals surface area (Å²) in [7, 11) is 0. The molecule has 0 bridgehead atoms. The van der Waals surface area contributed by atoms with Gasteiger partial charge in [-0.15, -0.1) is 0 Å². The quantitative estimate of drug-likeness (QED) is 0.201. The molecule has 1 rings (SSSR count). The van der Waals surface area contributed by atoms with E-state index in [0.717, 1.165) is 12.8 Å². The predicted molar refractivity (Wildman–Crippen MR) is 95.2 cm³/mol. The Bertz CT molecular complexity index is 485.